The Morgan fingerprint density at radius 1 is 0.815 bits per heavy atom. The molecule has 1 aliphatic rings. The third kappa shape index (κ3) is 3.49. The van der Waals surface area contributed by atoms with Gasteiger partial charge in [0.05, 0.1) is 17.1 Å². The number of anilines is 1. The van der Waals surface area contributed by atoms with Gasteiger partial charge in [0, 0.05) is 11.9 Å². The SMILES string of the molecule is FC(F)C1=CC(c2ccccc2)=NC(c2ccccn2)N1c1ccccc1. The van der Waals surface area contributed by atoms with E-state index in [2.05, 4.69) is 4.98 Å². The van der Waals surface area contributed by atoms with Crippen LogP contribution in [0.1, 0.15) is 17.4 Å². The van der Waals surface area contributed by atoms with Crippen molar-refractivity contribution >= 4 is 11.4 Å². The Bertz CT molecular complexity index is 955. The smallest absolute Gasteiger partial charge is 0.278 e. The van der Waals surface area contributed by atoms with Gasteiger partial charge in [-0.25, -0.2) is 8.78 Å². The van der Waals surface area contributed by atoms with Crippen LogP contribution in [0.15, 0.2) is 102 Å². The number of alkyl halides is 2. The molecule has 0 saturated carbocycles. The highest BCUT2D eigenvalue weighted by Gasteiger charge is 2.33. The molecule has 1 atom stereocenters. The molecule has 0 bridgehead atoms. The zero-order valence-electron chi connectivity index (χ0n) is 14.4. The van der Waals surface area contributed by atoms with Crippen molar-refractivity contribution in [2.45, 2.75) is 12.6 Å². The lowest BCUT2D eigenvalue weighted by Gasteiger charge is -2.35. The number of aromatic nitrogens is 1. The maximum Gasteiger partial charge on any atom is 0.278 e. The van der Waals surface area contributed by atoms with E-state index in [-0.39, 0.29) is 5.70 Å². The molecule has 27 heavy (non-hydrogen) atoms. The number of para-hydroxylation sites is 1. The third-order valence-electron chi connectivity index (χ3n) is 4.35. The highest BCUT2D eigenvalue weighted by atomic mass is 19.3. The molecule has 0 aliphatic carbocycles. The Morgan fingerprint density at radius 2 is 1.48 bits per heavy atom. The number of nitrogens with zero attached hydrogens (tertiary/aromatic N) is 3. The largest absolute Gasteiger partial charge is 0.312 e. The summed E-state index contributed by atoms with van der Waals surface area (Å²) in [6, 6.07) is 23.9. The molecule has 0 fully saturated rings. The van der Waals surface area contributed by atoms with Crippen LogP contribution >= 0.6 is 0 Å². The van der Waals surface area contributed by atoms with Crippen LogP contribution in [0.3, 0.4) is 0 Å². The number of benzene rings is 2. The fraction of sp³-hybridized carbons (Fsp3) is 0.0909. The molecule has 2 aromatic carbocycles. The van der Waals surface area contributed by atoms with Gasteiger partial charge in [0.1, 0.15) is 0 Å². The average Bonchev–Trinajstić information content (AvgIpc) is 2.74. The summed E-state index contributed by atoms with van der Waals surface area (Å²) in [5.74, 6) is 0. The number of aliphatic imine (C=N–C) groups is 1. The van der Waals surface area contributed by atoms with E-state index in [1.165, 1.54) is 6.08 Å². The third-order valence-corrected chi connectivity index (χ3v) is 4.35. The van der Waals surface area contributed by atoms with Gasteiger partial charge in [0.25, 0.3) is 6.43 Å². The quantitative estimate of drug-likeness (QED) is 0.636. The summed E-state index contributed by atoms with van der Waals surface area (Å²) >= 11 is 0. The number of pyridine rings is 1. The van der Waals surface area contributed by atoms with Crippen LogP contribution in [0.25, 0.3) is 0 Å². The van der Waals surface area contributed by atoms with Gasteiger partial charge in [-0.1, -0.05) is 54.6 Å². The topological polar surface area (TPSA) is 28.5 Å². The molecule has 3 aromatic rings. The van der Waals surface area contributed by atoms with Crippen LogP contribution < -0.4 is 4.90 Å². The van der Waals surface area contributed by atoms with Gasteiger partial charge in [0.2, 0.25) is 0 Å². The number of halogens is 2. The van der Waals surface area contributed by atoms with Gasteiger partial charge < -0.3 is 4.90 Å². The molecule has 0 N–H and O–H groups in total. The van der Waals surface area contributed by atoms with Crippen LogP contribution in [0.4, 0.5) is 14.5 Å². The standard InChI is InChI=1S/C22H17F2N3/c23-21(24)20-15-19(16-9-3-1-4-10-16)26-22(18-13-7-8-14-25-18)27(20)17-11-5-2-6-12-17/h1-15,21-22H. The van der Waals surface area contributed by atoms with E-state index in [0.717, 1.165) is 5.56 Å². The maximum absolute atomic E-state index is 14.0. The van der Waals surface area contributed by atoms with Crippen molar-refractivity contribution in [2.24, 2.45) is 4.99 Å². The first-order valence-electron chi connectivity index (χ1n) is 8.62. The predicted molar refractivity (Wildman–Crippen MR) is 103 cm³/mol. The molecule has 2 heterocycles. The monoisotopic (exact) mass is 361 g/mol. The Hall–Kier alpha value is -3.34. The average molecular weight is 361 g/mol. The second-order valence-electron chi connectivity index (χ2n) is 6.08. The second-order valence-corrected chi connectivity index (χ2v) is 6.08. The lowest BCUT2D eigenvalue weighted by Crippen LogP contribution is -2.35. The number of rotatable bonds is 4. The van der Waals surface area contributed by atoms with E-state index < -0.39 is 12.6 Å². The number of allylic oxidation sites excluding steroid dienone is 2. The summed E-state index contributed by atoms with van der Waals surface area (Å²) in [5.41, 5.74) is 2.49. The molecule has 1 aliphatic heterocycles. The molecule has 0 saturated heterocycles. The van der Waals surface area contributed by atoms with E-state index in [9.17, 15) is 8.78 Å². The summed E-state index contributed by atoms with van der Waals surface area (Å²) in [4.78, 5) is 10.7. The molecule has 1 aromatic heterocycles. The number of hydrogen-bond acceptors (Lipinski definition) is 3. The summed E-state index contributed by atoms with van der Waals surface area (Å²) < 4.78 is 28.1. The van der Waals surface area contributed by atoms with Crippen LogP contribution in [0.5, 0.6) is 0 Å². The maximum atomic E-state index is 14.0. The fourth-order valence-corrected chi connectivity index (χ4v) is 3.12. The highest BCUT2D eigenvalue weighted by Crippen LogP contribution is 2.37. The van der Waals surface area contributed by atoms with E-state index in [1.54, 1.807) is 35.4 Å². The van der Waals surface area contributed by atoms with E-state index in [4.69, 9.17) is 4.99 Å². The van der Waals surface area contributed by atoms with Gasteiger partial charge in [-0.15, -0.1) is 0 Å². The molecule has 0 radical (unpaired) electrons. The minimum atomic E-state index is -2.65. The first-order chi connectivity index (χ1) is 13.2. The summed E-state index contributed by atoms with van der Waals surface area (Å²) in [6.45, 7) is 0. The zero-order chi connectivity index (χ0) is 18.6. The normalized spacial score (nSPS) is 16.9. The number of hydrogen-bond donors (Lipinski definition) is 0. The fourth-order valence-electron chi connectivity index (χ4n) is 3.12. The molecule has 5 heteroatoms. The van der Waals surface area contributed by atoms with Crippen LogP contribution in [-0.2, 0) is 0 Å². The summed E-state index contributed by atoms with van der Waals surface area (Å²) in [6.07, 6.45) is -0.202. The first kappa shape index (κ1) is 17.1. The lowest BCUT2D eigenvalue weighted by molar-refractivity contribution is 0.183. The van der Waals surface area contributed by atoms with Crippen LogP contribution in [-0.4, -0.2) is 17.1 Å². The van der Waals surface area contributed by atoms with Gasteiger partial charge in [0.15, 0.2) is 6.17 Å². The summed E-state index contributed by atoms with van der Waals surface area (Å²) in [5, 5.41) is 0. The van der Waals surface area contributed by atoms with Gasteiger partial charge >= 0.3 is 0 Å². The van der Waals surface area contributed by atoms with E-state index >= 15 is 0 Å². The Labute approximate surface area is 156 Å². The van der Waals surface area contributed by atoms with Crippen molar-refractivity contribution in [3.8, 4) is 0 Å². The van der Waals surface area contributed by atoms with Crippen molar-refractivity contribution in [1.82, 2.24) is 4.98 Å². The lowest BCUT2D eigenvalue weighted by atomic mass is 10.0. The molecule has 134 valence electrons. The summed E-state index contributed by atoms with van der Waals surface area (Å²) in [7, 11) is 0. The van der Waals surface area contributed by atoms with Crippen LogP contribution in [0.2, 0.25) is 0 Å². The molecular formula is C22H17F2N3. The van der Waals surface area contributed by atoms with E-state index in [0.29, 0.717) is 17.1 Å². The molecule has 3 nitrogen and oxygen atoms in total. The minimum absolute atomic E-state index is 0.0919. The molecule has 1 unspecified atom stereocenters. The van der Waals surface area contributed by atoms with Crippen molar-refractivity contribution in [3.63, 3.8) is 0 Å². The molecule has 0 amide bonds. The van der Waals surface area contributed by atoms with Gasteiger partial charge in [-0.3, -0.25) is 9.98 Å². The Balaban J connectivity index is 1.89. The first-order valence-corrected chi connectivity index (χ1v) is 8.62. The van der Waals surface area contributed by atoms with Crippen molar-refractivity contribution in [3.05, 3.63) is 108 Å². The van der Waals surface area contributed by atoms with Crippen LogP contribution in [0, 0.1) is 0 Å². The van der Waals surface area contributed by atoms with Crippen molar-refractivity contribution in [1.29, 1.82) is 0 Å². The second kappa shape index (κ2) is 7.50. The highest BCUT2D eigenvalue weighted by molar-refractivity contribution is 6.10. The van der Waals surface area contributed by atoms with E-state index in [1.807, 2.05) is 54.6 Å². The van der Waals surface area contributed by atoms with Gasteiger partial charge in [-0.2, -0.15) is 0 Å². The molecular weight excluding hydrogens is 344 g/mol. The predicted octanol–water partition coefficient (Wildman–Crippen LogP) is 5.24. The molecule has 4 rings (SSSR count). The minimum Gasteiger partial charge on any atom is -0.312 e. The van der Waals surface area contributed by atoms with Gasteiger partial charge in [-0.05, 0) is 35.9 Å². The molecule has 0 spiro atoms. The van der Waals surface area contributed by atoms with Crippen molar-refractivity contribution in [2.75, 3.05) is 4.90 Å². The zero-order valence-corrected chi connectivity index (χ0v) is 14.4. The Morgan fingerprint density at radius 3 is 2.11 bits per heavy atom. The van der Waals surface area contributed by atoms with Crippen molar-refractivity contribution < 1.29 is 8.78 Å². The Kier molecular flexibility index (Phi) is 4.75.